The summed E-state index contributed by atoms with van der Waals surface area (Å²) in [6.07, 6.45) is 0. The van der Waals surface area contributed by atoms with Crippen molar-refractivity contribution in [3.63, 3.8) is 0 Å². The highest BCUT2D eigenvalue weighted by Crippen LogP contribution is 2.43. The van der Waals surface area contributed by atoms with E-state index in [1.165, 1.54) is 35.5 Å². The Hall–Kier alpha value is -1.40. The number of methoxy groups -OCH3 is 1. The zero-order chi connectivity index (χ0) is 13.4. The molecule has 0 N–H and O–H groups in total. The van der Waals surface area contributed by atoms with Crippen LogP contribution >= 0.6 is 23.5 Å². The first-order chi connectivity index (χ1) is 9.24. The lowest BCUT2D eigenvalue weighted by atomic mass is 10.2. The summed E-state index contributed by atoms with van der Waals surface area (Å²) in [6.45, 7) is 0. The monoisotopic (exact) mass is 293 g/mol. The van der Waals surface area contributed by atoms with E-state index in [1.807, 2.05) is 6.07 Å². The molecule has 2 amide bonds. The molecule has 4 nitrogen and oxygen atoms in total. The average Bonchev–Trinajstić information content (AvgIpc) is 2.71. The van der Waals surface area contributed by atoms with Gasteiger partial charge in [-0.3, -0.25) is 9.59 Å². The SMILES string of the molecule is COc1ccccc1N1C(=O)C2=C(SCCS2)C1=O. The number of imide groups is 1. The number of para-hydroxylation sites is 2. The standard InChI is InChI=1S/C13H11NO3S2/c1-17-9-5-3-2-4-8(9)14-12(15)10-11(13(14)16)19-7-6-18-10/h2-5H,6-7H2,1H3. The van der Waals surface area contributed by atoms with Crippen molar-refractivity contribution in [2.45, 2.75) is 0 Å². The average molecular weight is 293 g/mol. The normalized spacial score (nSPS) is 18.9. The van der Waals surface area contributed by atoms with Crippen LogP contribution in [0.1, 0.15) is 0 Å². The molecular formula is C13H11NO3S2. The summed E-state index contributed by atoms with van der Waals surface area (Å²) < 4.78 is 5.23. The molecule has 0 saturated heterocycles. The molecule has 1 aromatic rings. The minimum Gasteiger partial charge on any atom is -0.495 e. The first-order valence-electron chi connectivity index (χ1n) is 5.75. The van der Waals surface area contributed by atoms with Gasteiger partial charge in [-0.25, -0.2) is 4.90 Å². The van der Waals surface area contributed by atoms with Crippen LogP contribution in [0.5, 0.6) is 5.75 Å². The molecule has 2 aliphatic heterocycles. The summed E-state index contributed by atoms with van der Waals surface area (Å²) in [5.74, 6) is 1.78. The third-order valence-corrected chi connectivity index (χ3v) is 5.44. The van der Waals surface area contributed by atoms with E-state index < -0.39 is 0 Å². The number of rotatable bonds is 2. The number of thioether (sulfide) groups is 2. The van der Waals surface area contributed by atoms with E-state index >= 15 is 0 Å². The zero-order valence-electron chi connectivity index (χ0n) is 10.2. The van der Waals surface area contributed by atoms with Gasteiger partial charge >= 0.3 is 0 Å². The second kappa shape index (κ2) is 4.94. The lowest BCUT2D eigenvalue weighted by Gasteiger charge is -2.17. The second-order valence-electron chi connectivity index (χ2n) is 3.97. The van der Waals surface area contributed by atoms with Gasteiger partial charge < -0.3 is 4.74 Å². The van der Waals surface area contributed by atoms with E-state index in [9.17, 15) is 9.59 Å². The van der Waals surface area contributed by atoms with E-state index in [2.05, 4.69) is 0 Å². The lowest BCUT2D eigenvalue weighted by Crippen LogP contribution is -2.31. The quantitative estimate of drug-likeness (QED) is 0.783. The number of hydrogen-bond donors (Lipinski definition) is 0. The van der Waals surface area contributed by atoms with E-state index in [4.69, 9.17) is 4.74 Å². The summed E-state index contributed by atoms with van der Waals surface area (Å²) in [5, 5.41) is 0. The molecule has 0 atom stereocenters. The van der Waals surface area contributed by atoms with Gasteiger partial charge in [-0.2, -0.15) is 0 Å². The molecule has 6 heteroatoms. The fourth-order valence-electron chi connectivity index (χ4n) is 2.06. The topological polar surface area (TPSA) is 46.6 Å². The van der Waals surface area contributed by atoms with Crippen molar-refractivity contribution in [2.24, 2.45) is 0 Å². The molecule has 98 valence electrons. The second-order valence-corrected chi connectivity index (χ2v) is 6.18. The van der Waals surface area contributed by atoms with Gasteiger partial charge in [0.25, 0.3) is 11.8 Å². The molecule has 0 unspecified atom stereocenters. The van der Waals surface area contributed by atoms with Crippen molar-refractivity contribution in [2.75, 3.05) is 23.5 Å². The molecule has 0 fully saturated rings. The third-order valence-electron chi connectivity index (χ3n) is 2.90. The zero-order valence-corrected chi connectivity index (χ0v) is 11.8. The predicted octanol–water partition coefficient (Wildman–Crippen LogP) is 2.26. The van der Waals surface area contributed by atoms with Gasteiger partial charge in [-0.05, 0) is 12.1 Å². The van der Waals surface area contributed by atoms with Crippen LogP contribution in [0.25, 0.3) is 0 Å². The highest BCUT2D eigenvalue weighted by Gasteiger charge is 2.42. The van der Waals surface area contributed by atoms with Gasteiger partial charge in [0.1, 0.15) is 5.75 Å². The Bertz CT molecular complexity index is 569. The van der Waals surface area contributed by atoms with Crippen LogP contribution in [0.15, 0.2) is 34.1 Å². The third kappa shape index (κ3) is 1.95. The van der Waals surface area contributed by atoms with E-state index in [0.29, 0.717) is 21.2 Å². The van der Waals surface area contributed by atoms with Crippen molar-refractivity contribution >= 4 is 41.0 Å². The van der Waals surface area contributed by atoms with E-state index in [-0.39, 0.29) is 11.8 Å². The summed E-state index contributed by atoms with van der Waals surface area (Å²) in [7, 11) is 1.53. The van der Waals surface area contributed by atoms with E-state index in [0.717, 1.165) is 11.5 Å². The lowest BCUT2D eigenvalue weighted by molar-refractivity contribution is -0.120. The van der Waals surface area contributed by atoms with Crippen LogP contribution in [0.4, 0.5) is 5.69 Å². The Balaban J connectivity index is 2.04. The smallest absolute Gasteiger partial charge is 0.273 e. The fraction of sp³-hybridized carbons (Fsp3) is 0.231. The summed E-state index contributed by atoms with van der Waals surface area (Å²) in [5.41, 5.74) is 0.510. The molecule has 0 radical (unpaired) electrons. The van der Waals surface area contributed by atoms with Crippen LogP contribution in [-0.4, -0.2) is 30.4 Å². The van der Waals surface area contributed by atoms with Crippen molar-refractivity contribution in [1.82, 2.24) is 0 Å². The molecule has 19 heavy (non-hydrogen) atoms. The Kier molecular flexibility index (Phi) is 3.28. The maximum atomic E-state index is 12.4. The molecular weight excluding hydrogens is 282 g/mol. The van der Waals surface area contributed by atoms with Crippen LogP contribution < -0.4 is 9.64 Å². The van der Waals surface area contributed by atoms with Crippen molar-refractivity contribution in [3.05, 3.63) is 34.1 Å². The molecule has 0 saturated carbocycles. The summed E-state index contributed by atoms with van der Waals surface area (Å²) in [4.78, 5) is 27.1. The van der Waals surface area contributed by atoms with Crippen molar-refractivity contribution < 1.29 is 14.3 Å². The van der Waals surface area contributed by atoms with Gasteiger partial charge in [-0.15, -0.1) is 23.5 Å². The van der Waals surface area contributed by atoms with Gasteiger partial charge in [0.15, 0.2) is 0 Å². The largest absolute Gasteiger partial charge is 0.495 e. The molecule has 3 rings (SSSR count). The molecule has 0 aromatic heterocycles. The first-order valence-corrected chi connectivity index (χ1v) is 7.73. The number of hydrogen-bond acceptors (Lipinski definition) is 5. The molecule has 1 aromatic carbocycles. The van der Waals surface area contributed by atoms with E-state index in [1.54, 1.807) is 18.2 Å². The number of amides is 2. The summed E-state index contributed by atoms with van der Waals surface area (Å²) >= 11 is 2.93. The maximum Gasteiger partial charge on any atom is 0.273 e. The molecule has 0 spiro atoms. The highest BCUT2D eigenvalue weighted by molar-refractivity contribution is 8.11. The Morgan fingerprint density at radius 3 is 2.21 bits per heavy atom. The Morgan fingerprint density at radius 2 is 1.63 bits per heavy atom. The number of nitrogens with zero attached hydrogens (tertiary/aromatic N) is 1. The maximum absolute atomic E-state index is 12.4. The van der Waals surface area contributed by atoms with Crippen molar-refractivity contribution in [1.29, 1.82) is 0 Å². The Labute approximate surface area is 119 Å². The van der Waals surface area contributed by atoms with Crippen LogP contribution in [0.3, 0.4) is 0 Å². The minimum absolute atomic E-state index is 0.235. The van der Waals surface area contributed by atoms with Gasteiger partial charge in [0.05, 0.1) is 22.6 Å². The number of ether oxygens (including phenoxy) is 1. The Morgan fingerprint density at radius 1 is 1.05 bits per heavy atom. The fourth-order valence-corrected chi connectivity index (χ4v) is 4.36. The first kappa shape index (κ1) is 12.6. The minimum atomic E-state index is -0.235. The molecule has 2 aliphatic rings. The van der Waals surface area contributed by atoms with Crippen LogP contribution in [0, 0.1) is 0 Å². The van der Waals surface area contributed by atoms with Gasteiger partial charge in [-0.1, -0.05) is 12.1 Å². The number of carbonyl (C=O) groups excluding carboxylic acids is 2. The number of anilines is 1. The van der Waals surface area contributed by atoms with Crippen LogP contribution in [0.2, 0.25) is 0 Å². The highest BCUT2D eigenvalue weighted by atomic mass is 32.2. The van der Waals surface area contributed by atoms with Gasteiger partial charge in [0, 0.05) is 11.5 Å². The molecule has 0 aliphatic carbocycles. The predicted molar refractivity (Wildman–Crippen MR) is 77.4 cm³/mol. The van der Waals surface area contributed by atoms with Gasteiger partial charge in [0.2, 0.25) is 0 Å². The molecule has 2 heterocycles. The number of benzene rings is 1. The van der Waals surface area contributed by atoms with Crippen molar-refractivity contribution in [3.8, 4) is 5.75 Å². The number of carbonyl (C=O) groups is 2. The summed E-state index contributed by atoms with van der Waals surface area (Å²) in [6, 6.07) is 7.07. The molecule has 0 bridgehead atoms. The van der Waals surface area contributed by atoms with Crippen LogP contribution in [-0.2, 0) is 9.59 Å².